The van der Waals surface area contributed by atoms with Gasteiger partial charge in [0.15, 0.2) is 0 Å². The molecular formula is C18H17N5S. The molecule has 0 amide bonds. The van der Waals surface area contributed by atoms with Gasteiger partial charge >= 0.3 is 0 Å². The van der Waals surface area contributed by atoms with Crippen LogP contribution in [0.1, 0.15) is 5.69 Å². The average Bonchev–Trinajstić information content (AvgIpc) is 3.28. The Hall–Kier alpha value is -2.60. The minimum Gasteiger partial charge on any atom is -0.354 e. The Kier molecular flexibility index (Phi) is 2.99. The Labute approximate surface area is 142 Å². The summed E-state index contributed by atoms with van der Waals surface area (Å²) in [6.45, 7) is 3.89. The molecule has 1 aromatic carbocycles. The molecule has 6 heteroatoms. The molecule has 0 saturated heterocycles. The number of aliphatic imine (C=N–C) groups is 1. The first-order chi connectivity index (χ1) is 11.8. The van der Waals surface area contributed by atoms with Crippen LogP contribution in [0.2, 0.25) is 0 Å². The predicted octanol–water partition coefficient (Wildman–Crippen LogP) is 3.77. The van der Waals surface area contributed by atoms with Gasteiger partial charge in [0, 0.05) is 23.7 Å². The maximum atomic E-state index is 4.86. The Morgan fingerprint density at radius 2 is 2.00 bits per heavy atom. The lowest BCUT2D eigenvalue weighted by molar-refractivity contribution is 0.742. The third-order valence-electron chi connectivity index (χ3n) is 4.37. The summed E-state index contributed by atoms with van der Waals surface area (Å²) in [6, 6.07) is 14.5. The van der Waals surface area contributed by atoms with Gasteiger partial charge in [-0.2, -0.15) is 0 Å². The van der Waals surface area contributed by atoms with E-state index in [1.54, 1.807) is 0 Å². The van der Waals surface area contributed by atoms with E-state index in [4.69, 9.17) is 9.97 Å². The number of para-hydroxylation sites is 1. The molecule has 2 aromatic heterocycles. The normalized spacial score (nSPS) is 19.1. The molecule has 0 fully saturated rings. The predicted molar refractivity (Wildman–Crippen MR) is 98.8 cm³/mol. The highest BCUT2D eigenvalue weighted by molar-refractivity contribution is 8.28. The van der Waals surface area contributed by atoms with Crippen LogP contribution in [0.3, 0.4) is 0 Å². The molecule has 3 aromatic rings. The molecular weight excluding hydrogens is 318 g/mol. The molecule has 2 aliphatic heterocycles. The number of benzene rings is 1. The van der Waals surface area contributed by atoms with E-state index in [9.17, 15) is 0 Å². The van der Waals surface area contributed by atoms with E-state index < -0.39 is 10.9 Å². The van der Waals surface area contributed by atoms with Gasteiger partial charge in [-0.05, 0) is 31.2 Å². The summed E-state index contributed by atoms with van der Waals surface area (Å²) in [7, 11) is -0.647. The minimum absolute atomic E-state index is 0.647. The largest absolute Gasteiger partial charge is 0.354 e. The maximum Gasteiger partial charge on any atom is 0.204 e. The first-order valence-corrected chi connectivity index (χ1v) is 9.43. The lowest BCUT2D eigenvalue weighted by atomic mass is 10.2. The summed E-state index contributed by atoms with van der Waals surface area (Å²) in [4.78, 5) is 15.5. The first-order valence-electron chi connectivity index (χ1n) is 8.02. The van der Waals surface area contributed by atoms with Crippen molar-refractivity contribution in [1.82, 2.24) is 14.5 Å². The second-order valence-electron chi connectivity index (χ2n) is 5.95. The Balaban J connectivity index is 1.73. The molecule has 4 heterocycles. The molecule has 0 saturated carbocycles. The molecule has 1 unspecified atom stereocenters. The fourth-order valence-electron chi connectivity index (χ4n) is 3.29. The zero-order valence-corrected chi connectivity index (χ0v) is 14.2. The van der Waals surface area contributed by atoms with Crippen molar-refractivity contribution in [3.63, 3.8) is 0 Å². The van der Waals surface area contributed by atoms with E-state index in [1.165, 1.54) is 9.92 Å². The van der Waals surface area contributed by atoms with E-state index in [-0.39, 0.29) is 0 Å². The van der Waals surface area contributed by atoms with Crippen LogP contribution in [-0.2, 0) is 6.54 Å². The number of nitrogens with one attached hydrogen (secondary N) is 1. The SMILES string of the molecule is Cc1cccc(-c2nc3n(c2[SH]2C=Nc4ccccc42)CCN3)n1. The molecule has 120 valence electrons. The molecule has 5 nitrogen and oxygen atoms in total. The van der Waals surface area contributed by atoms with E-state index in [1.807, 2.05) is 31.2 Å². The van der Waals surface area contributed by atoms with Crippen LogP contribution >= 0.6 is 10.9 Å². The summed E-state index contributed by atoms with van der Waals surface area (Å²) in [5.74, 6) is 0.948. The third-order valence-corrected chi connectivity index (χ3v) is 6.53. The van der Waals surface area contributed by atoms with Crippen molar-refractivity contribution in [2.45, 2.75) is 23.4 Å². The van der Waals surface area contributed by atoms with Crippen molar-refractivity contribution in [2.24, 2.45) is 4.99 Å². The zero-order chi connectivity index (χ0) is 16.1. The van der Waals surface area contributed by atoms with Gasteiger partial charge in [0.05, 0.1) is 22.0 Å². The van der Waals surface area contributed by atoms with Crippen molar-refractivity contribution < 1.29 is 0 Å². The van der Waals surface area contributed by atoms with E-state index in [0.29, 0.717) is 0 Å². The van der Waals surface area contributed by atoms with Crippen molar-refractivity contribution >= 4 is 28.1 Å². The van der Waals surface area contributed by atoms with E-state index in [0.717, 1.165) is 41.8 Å². The number of fused-ring (bicyclic) bond motifs is 2. The minimum atomic E-state index is -0.647. The quantitative estimate of drug-likeness (QED) is 0.701. The van der Waals surface area contributed by atoms with Crippen LogP contribution in [0.4, 0.5) is 11.6 Å². The third kappa shape index (κ3) is 1.99. The molecule has 0 bridgehead atoms. The Bertz CT molecular complexity index is 975. The highest BCUT2D eigenvalue weighted by atomic mass is 32.2. The smallest absolute Gasteiger partial charge is 0.204 e. The standard InChI is InChI=1S/C18H17N5S/c1-12-5-4-7-14(21-12)16-17(23-10-9-19-18(23)22-16)24-11-20-13-6-2-3-8-15(13)24/h2-8,11,24H,9-10H2,1H3,(H,19,22). The number of anilines is 1. The van der Waals surface area contributed by atoms with Crippen molar-refractivity contribution in [3.8, 4) is 11.4 Å². The summed E-state index contributed by atoms with van der Waals surface area (Å²) >= 11 is 0. The Morgan fingerprint density at radius 3 is 2.92 bits per heavy atom. The van der Waals surface area contributed by atoms with E-state index >= 15 is 0 Å². The summed E-state index contributed by atoms with van der Waals surface area (Å²) in [5, 5.41) is 4.63. The maximum absolute atomic E-state index is 4.86. The number of aromatic nitrogens is 3. The monoisotopic (exact) mass is 335 g/mol. The molecule has 0 aliphatic carbocycles. The average molecular weight is 335 g/mol. The molecule has 1 atom stereocenters. The van der Waals surface area contributed by atoms with Gasteiger partial charge in [-0.3, -0.25) is 4.98 Å². The fourth-order valence-corrected chi connectivity index (χ4v) is 5.46. The molecule has 5 rings (SSSR count). The number of thiol groups is 1. The van der Waals surface area contributed by atoms with Crippen LogP contribution in [-0.4, -0.2) is 26.6 Å². The van der Waals surface area contributed by atoms with Crippen LogP contribution in [0, 0.1) is 6.92 Å². The van der Waals surface area contributed by atoms with Crippen molar-refractivity contribution in [3.05, 3.63) is 48.2 Å². The second-order valence-corrected chi connectivity index (χ2v) is 7.83. The lowest BCUT2D eigenvalue weighted by Gasteiger charge is -2.17. The molecule has 24 heavy (non-hydrogen) atoms. The van der Waals surface area contributed by atoms with Gasteiger partial charge in [0.25, 0.3) is 0 Å². The number of pyridine rings is 1. The van der Waals surface area contributed by atoms with Crippen molar-refractivity contribution in [1.29, 1.82) is 0 Å². The summed E-state index contributed by atoms with van der Waals surface area (Å²) in [6.07, 6.45) is 0. The van der Waals surface area contributed by atoms with E-state index in [2.05, 4.69) is 38.6 Å². The first kappa shape index (κ1) is 13.8. The van der Waals surface area contributed by atoms with Gasteiger partial charge in [-0.1, -0.05) is 18.2 Å². The number of imidazole rings is 1. The number of aryl methyl sites for hydroxylation is 1. The second kappa shape index (κ2) is 5.21. The number of hydrogen-bond donors (Lipinski definition) is 2. The van der Waals surface area contributed by atoms with Gasteiger partial charge in [0.1, 0.15) is 5.69 Å². The van der Waals surface area contributed by atoms with Crippen LogP contribution in [0.25, 0.3) is 11.4 Å². The topological polar surface area (TPSA) is 55.1 Å². The van der Waals surface area contributed by atoms with Crippen LogP contribution in [0.5, 0.6) is 0 Å². The number of hydrogen-bond acceptors (Lipinski definition) is 4. The van der Waals surface area contributed by atoms with Crippen LogP contribution < -0.4 is 5.32 Å². The van der Waals surface area contributed by atoms with Gasteiger partial charge in [0.2, 0.25) is 5.95 Å². The summed E-state index contributed by atoms with van der Waals surface area (Å²) < 4.78 is 2.30. The summed E-state index contributed by atoms with van der Waals surface area (Å²) in [5.41, 5.74) is 6.10. The lowest BCUT2D eigenvalue weighted by Crippen LogP contribution is -2.01. The molecule has 0 radical (unpaired) electrons. The zero-order valence-electron chi connectivity index (χ0n) is 13.3. The molecule has 1 N–H and O–H groups in total. The Morgan fingerprint density at radius 1 is 1.08 bits per heavy atom. The van der Waals surface area contributed by atoms with Crippen LogP contribution in [0.15, 0.2) is 57.4 Å². The number of nitrogens with zero attached hydrogens (tertiary/aromatic N) is 4. The molecule has 2 aliphatic rings. The highest BCUT2D eigenvalue weighted by Crippen LogP contribution is 2.54. The van der Waals surface area contributed by atoms with Gasteiger partial charge in [-0.15, -0.1) is 10.9 Å². The fraction of sp³-hybridized carbons (Fsp3) is 0.167. The van der Waals surface area contributed by atoms with Gasteiger partial charge < -0.3 is 9.88 Å². The number of rotatable bonds is 2. The highest BCUT2D eigenvalue weighted by Gasteiger charge is 2.29. The molecule has 0 spiro atoms. The van der Waals surface area contributed by atoms with Gasteiger partial charge in [-0.25, -0.2) is 9.98 Å². The van der Waals surface area contributed by atoms with Crippen molar-refractivity contribution in [2.75, 3.05) is 11.9 Å².